The van der Waals surface area contributed by atoms with Crippen molar-refractivity contribution in [3.63, 3.8) is 0 Å². The Labute approximate surface area is 206 Å². The number of benzene rings is 3. The lowest BCUT2D eigenvalue weighted by Gasteiger charge is -2.34. The molecule has 3 aromatic rings. The van der Waals surface area contributed by atoms with E-state index in [-0.39, 0.29) is 5.75 Å². The summed E-state index contributed by atoms with van der Waals surface area (Å²) in [7, 11) is 0. The van der Waals surface area contributed by atoms with E-state index in [1.807, 2.05) is 50.2 Å². The molecule has 1 atom stereocenters. The number of rotatable bonds is 8. The fourth-order valence-electron chi connectivity index (χ4n) is 3.77. The highest BCUT2D eigenvalue weighted by Crippen LogP contribution is 2.44. The van der Waals surface area contributed by atoms with Gasteiger partial charge in [0.25, 0.3) is 5.91 Å². The Morgan fingerprint density at radius 1 is 1.12 bits per heavy atom. The predicted molar refractivity (Wildman–Crippen MR) is 135 cm³/mol. The molecule has 4 N–H and O–H groups in total. The first-order chi connectivity index (χ1) is 16.2. The summed E-state index contributed by atoms with van der Waals surface area (Å²) in [5.41, 5.74) is 2.01. The molecule has 2 amide bonds. The van der Waals surface area contributed by atoms with Crippen molar-refractivity contribution in [2.24, 2.45) is 5.41 Å². The highest BCUT2D eigenvalue weighted by Gasteiger charge is 2.35. The summed E-state index contributed by atoms with van der Waals surface area (Å²) in [6.07, 6.45) is 2.43. The number of ether oxygens (including phenoxy) is 1. The molecule has 178 valence electrons. The van der Waals surface area contributed by atoms with Gasteiger partial charge in [-0.15, -0.1) is 0 Å². The van der Waals surface area contributed by atoms with Crippen molar-refractivity contribution in [2.75, 3.05) is 5.32 Å². The second kappa shape index (κ2) is 11.2. The highest BCUT2D eigenvalue weighted by molar-refractivity contribution is 9.10. The number of phenolic OH excluding ortho intramolecular Hbond substituents is 1. The van der Waals surface area contributed by atoms with Gasteiger partial charge in [-0.1, -0.05) is 72.3 Å². The summed E-state index contributed by atoms with van der Waals surface area (Å²) < 4.78 is 6.65. The number of phenols is 1. The lowest BCUT2D eigenvalue weighted by molar-refractivity contribution is -0.124. The molecule has 0 unspecified atom stereocenters. The first-order valence-corrected chi connectivity index (χ1v) is 11.5. The van der Waals surface area contributed by atoms with E-state index >= 15 is 0 Å². The Bertz CT molecular complexity index is 1200. The summed E-state index contributed by atoms with van der Waals surface area (Å²) in [6, 6.07) is 18.3. The van der Waals surface area contributed by atoms with Gasteiger partial charge in [0.15, 0.2) is 0 Å². The summed E-state index contributed by atoms with van der Waals surface area (Å²) in [5, 5.41) is 23.9. The molecule has 0 saturated heterocycles. The molecule has 34 heavy (non-hydrogen) atoms. The minimum Gasteiger partial charge on any atom is -0.508 e. The van der Waals surface area contributed by atoms with E-state index in [1.54, 1.807) is 35.8 Å². The Morgan fingerprint density at radius 3 is 2.62 bits per heavy atom. The number of carbonyl (C=O) groups is 2. The lowest BCUT2D eigenvalue weighted by atomic mass is 9.78. The van der Waals surface area contributed by atoms with Crippen LogP contribution in [0.2, 0.25) is 0 Å². The maximum atomic E-state index is 13.0. The van der Waals surface area contributed by atoms with Gasteiger partial charge in [0, 0.05) is 26.9 Å². The van der Waals surface area contributed by atoms with Crippen molar-refractivity contribution >= 4 is 44.4 Å². The summed E-state index contributed by atoms with van der Waals surface area (Å²) in [6.45, 7) is 3.84. The van der Waals surface area contributed by atoms with Gasteiger partial charge in [0.1, 0.15) is 11.9 Å². The SMILES string of the molecule is CC(C)(CC/C=C/C(=O)NO)[C@@H](OC(=O)Nc1cccc2ccccc12)c1cc(Br)ccc1O. The van der Waals surface area contributed by atoms with Crippen molar-refractivity contribution in [3.8, 4) is 5.75 Å². The molecular weight excluding hydrogens is 500 g/mol. The van der Waals surface area contributed by atoms with Crippen LogP contribution in [0.5, 0.6) is 5.75 Å². The largest absolute Gasteiger partial charge is 0.508 e. The Morgan fingerprint density at radius 2 is 1.85 bits per heavy atom. The average Bonchev–Trinajstić information content (AvgIpc) is 2.82. The van der Waals surface area contributed by atoms with Crippen molar-refractivity contribution in [3.05, 3.63) is 82.9 Å². The third-order valence-corrected chi connectivity index (χ3v) is 6.06. The maximum Gasteiger partial charge on any atom is 0.412 e. The number of allylic oxidation sites excluding steroid dienone is 1. The first kappa shape index (κ1) is 25.3. The predicted octanol–water partition coefficient (Wildman–Crippen LogP) is 6.47. The number of halogens is 1. The number of hydroxylamine groups is 1. The molecule has 3 rings (SSSR count). The molecule has 3 aromatic carbocycles. The van der Waals surface area contributed by atoms with Crippen LogP contribution >= 0.6 is 15.9 Å². The molecule has 8 heteroatoms. The molecule has 0 aliphatic heterocycles. The topological polar surface area (TPSA) is 108 Å². The molecule has 0 aliphatic rings. The number of carbonyl (C=O) groups excluding carboxylic acids is 2. The zero-order valence-corrected chi connectivity index (χ0v) is 20.5. The molecule has 0 aromatic heterocycles. The lowest BCUT2D eigenvalue weighted by Crippen LogP contribution is -2.29. The molecular formula is C26H27BrN2O5. The van der Waals surface area contributed by atoms with Crippen molar-refractivity contribution in [2.45, 2.75) is 32.8 Å². The zero-order chi connectivity index (χ0) is 24.7. The molecule has 0 saturated carbocycles. The molecule has 0 aliphatic carbocycles. The minimum absolute atomic E-state index is 0.00874. The van der Waals surface area contributed by atoms with Gasteiger partial charge in [0.05, 0.1) is 5.69 Å². The van der Waals surface area contributed by atoms with Crippen molar-refractivity contribution in [1.29, 1.82) is 0 Å². The molecule has 0 heterocycles. The van der Waals surface area contributed by atoms with Gasteiger partial charge in [-0.25, -0.2) is 10.3 Å². The number of anilines is 1. The van der Waals surface area contributed by atoms with E-state index in [4.69, 9.17) is 9.94 Å². The second-order valence-electron chi connectivity index (χ2n) is 8.55. The van der Waals surface area contributed by atoms with Crippen molar-refractivity contribution in [1.82, 2.24) is 5.48 Å². The second-order valence-corrected chi connectivity index (χ2v) is 9.46. The first-order valence-electron chi connectivity index (χ1n) is 10.8. The van der Waals surface area contributed by atoms with Crippen molar-refractivity contribution < 1.29 is 24.6 Å². The summed E-state index contributed by atoms with van der Waals surface area (Å²) in [5.74, 6) is -0.612. The van der Waals surface area contributed by atoms with Gasteiger partial charge in [-0.2, -0.15) is 0 Å². The van der Waals surface area contributed by atoms with Crippen LogP contribution in [0.25, 0.3) is 10.8 Å². The van der Waals surface area contributed by atoms with Gasteiger partial charge < -0.3 is 9.84 Å². The molecule has 0 spiro atoms. The molecule has 0 radical (unpaired) electrons. The Hall–Kier alpha value is -3.36. The van der Waals surface area contributed by atoms with Crippen LogP contribution in [0.3, 0.4) is 0 Å². The van der Waals surface area contributed by atoms with Crippen LogP contribution in [0.4, 0.5) is 10.5 Å². The third-order valence-electron chi connectivity index (χ3n) is 5.57. The zero-order valence-electron chi connectivity index (χ0n) is 18.9. The van der Waals surface area contributed by atoms with Crippen LogP contribution in [-0.2, 0) is 9.53 Å². The van der Waals surface area contributed by atoms with Gasteiger partial charge >= 0.3 is 6.09 Å². The number of hydrogen-bond donors (Lipinski definition) is 4. The van der Waals surface area contributed by atoms with E-state index in [0.717, 1.165) is 15.2 Å². The number of fused-ring (bicyclic) bond motifs is 1. The smallest absolute Gasteiger partial charge is 0.412 e. The number of aromatic hydroxyl groups is 1. The fraction of sp³-hybridized carbons (Fsp3) is 0.231. The van der Waals surface area contributed by atoms with Gasteiger partial charge in [-0.3, -0.25) is 15.3 Å². The number of nitrogens with one attached hydrogen (secondary N) is 2. The summed E-state index contributed by atoms with van der Waals surface area (Å²) >= 11 is 3.42. The fourth-order valence-corrected chi connectivity index (χ4v) is 4.15. The van der Waals surface area contributed by atoms with Crippen LogP contribution < -0.4 is 10.8 Å². The van der Waals surface area contributed by atoms with Crippen LogP contribution in [0.1, 0.15) is 38.4 Å². The van der Waals surface area contributed by atoms with E-state index in [2.05, 4.69) is 21.2 Å². The van der Waals surface area contributed by atoms with Gasteiger partial charge in [-0.05, 0) is 42.5 Å². The van der Waals surface area contributed by atoms with E-state index in [0.29, 0.717) is 24.1 Å². The van der Waals surface area contributed by atoms with E-state index < -0.39 is 23.5 Å². The minimum atomic E-state index is -0.792. The quantitative estimate of drug-likeness (QED) is 0.153. The monoisotopic (exact) mass is 526 g/mol. The Balaban J connectivity index is 1.86. The van der Waals surface area contributed by atoms with E-state index in [1.165, 1.54) is 6.08 Å². The van der Waals surface area contributed by atoms with E-state index in [9.17, 15) is 14.7 Å². The van der Waals surface area contributed by atoms with Gasteiger partial charge in [0.2, 0.25) is 0 Å². The number of hydrogen-bond acceptors (Lipinski definition) is 5. The summed E-state index contributed by atoms with van der Waals surface area (Å²) in [4.78, 5) is 24.2. The number of amides is 2. The maximum absolute atomic E-state index is 13.0. The molecule has 7 nitrogen and oxygen atoms in total. The Kier molecular flexibility index (Phi) is 8.31. The third kappa shape index (κ3) is 6.36. The molecule has 0 bridgehead atoms. The van der Waals surface area contributed by atoms with Crippen LogP contribution in [0.15, 0.2) is 77.3 Å². The standard InChI is InChI=1S/C26H27BrN2O5/c1-26(2,15-6-5-12-23(31)29-33)24(20-16-18(27)13-14-22(20)30)34-25(32)28-21-11-7-9-17-8-3-4-10-19(17)21/h3-5,7-14,16,24,30,33H,6,15H2,1-2H3,(H,28,32)(H,29,31)/b12-5+/t24-/m0/s1. The average molecular weight is 527 g/mol. The highest BCUT2D eigenvalue weighted by atomic mass is 79.9. The normalized spacial score (nSPS) is 12.5. The molecule has 0 fully saturated rings. The van der Waals surface area contributed by atoms with Crippen LogP contribution in [0, 0.1) is 5.41 Å². The van der Waals surface area contributed by atoms with Crippen LogP contribution in [-0.4, -0.2) is 22.3 Å².